The van der Waals surface area contributed by atoms with Crippen molar-refractivity contribution in [3.8, 4) is 23.0 Å². The van der Waals surface area contributed by atoms with E-state index in [1.165, 1.54) is 20.3 Å². The fraction of sp³-hybridized carbons (Fsp3) is 0.185. The van der Waals surface area contributed by atoms with Crippen LogP contribution in [-0.4, -0.2) is 36.3 Å². The van der Waals surface area contributed by atoms with E-state index in [4.69, 9.17) is 13.9 Å². The molecule has 184 valence electrons. The quantitative estimate of drug-likeness (QED) is 0.205. The molecule has 0 saturated carbocycles. The number of hydrogen-bond acceptors (Lipinski definition) is 7. The summed E-state index contributed by atoms with van der Waals surface area (Å²) in [5, 5.41) is 0.651. The van der Waals surface area contributed by atoms with E-state index in [1.807, 2.05) is 12.1 Å². The first-order chi connectivity index (χ1) is 17.5. The number of hydrazine groups is 1. The number of hydrogen-bond donors (Lipinski definition) is 2. The van der Waals surface area contributed by atoms with Gasteiger partial charge in [0.2, 0.25) is 5.91 Å². The van der Waals surface area contributed by atoms with Crippen LogP contribution in [0.4, 0.5) is 0 Å². The largest absolute Gasteiger partial charge is 0.493 e. The van der Waals surface area contributed by atoms with Gasteiger partial charge in [-0.15, -0.1) is 0 Å². The van der Waals surface area contributed by atoms with E-state index in [2.05, 4.69) is 15.8 Å². The number of carbonyl (C=O) groups is 3. The lowest BCUT2D eigenvalue weighted by molar-refractivity contribution is -0.122. The van der Waals surface area contributed by atoms with Gasteiger partial charge in [0.1, 0.15) is 5.69 Å². The van der Waals surface area contributed by atoms with Crippen molar-refractivity contribution in [1.82, 2.24) is 15.8 Å². The van der Waals surface area contributed by atoms with Gasteiger partial charge in [0.25, 0.3) is 5.91 Å². The highest BCUT2D eigenvalue weighted by atomic mass is 16.5. The number of aromatic nitrogens is 1. The normalized spacial score (nSPS) is 10.6. The fourth-order valence-corrected chi connectivity index (χ4v) is 3.59. The summed E-state index contributed by atoms with van der Waals surface area (Å²) in [6, 6.07) is 17.3. The third-order valence-electron chi connectivity index (χ3n) is 5.43. The van der Waals surface area contributed by atoms with Gasteiger partial charge in [0.05, 0.1) is 31.1 Å². The van der Waals surface area contributed by atoms with E-state index in [9.17, 15) is 14.4 Å². The zero-order chi connectivity index (χ0) is 25.5. The van der Waals surface area contributed by atoms with Crippen molar-refractivity contribution in [2.45, 2.75) is 19.8 Å². The van der Waals surface area contributed by atoms with Gasteiger partial charge in [0.15, 0.2) is 23.0 Å². The Hall–Kier alpha value is -4.66. The summed E-state index contributed by atoms with van der Waals surface area (Å²) in [5.74, 6) is 0.546. The van der Waals surface area contributed by atoms with Gasteiger partial charge < -0.3 is 13.9 Å². The number of pyridine rings is 1. The summed E-state index contributed by atoms with van der Waals surface area (Å²) < 4.78 is 16.4. The lowest BCUT2D eigenvalue weighted by Crippen LogP contribution is -2.41. The molecule has 2 heterocycles. The molecule has 2 amide bonds. The number of fused-ring (bicyclic) bond motifs is 1. The number of nitrogens with one attached hydrogen (secondary N) is 2. The first kappa shape index (κ1) is 24.5. The van der Waals surface area contributed by atoms with Crippen LogP contribution in [-0.2, 0) is 4.79 Å². The molecule has 0 atom stereocenters. The molecule has 0 aliphatic carbocycles. The number of nitrogens with zero attached hydrogens (tertiary/aromatic N) is 1. The van der Waals surface area contributed by atoms with Gasteiger partial charge in [0, 0.05) is 17.4 Å². The van der Waals surface area contributed by atoms with E-state index >= 15 is 0 Å². The Morgan fingerprint density at radius 1 is 0.972 bits per heavy atom. The summed E-state index contributed by atoms with van der Waals surface area (Å²) >= 11 is 0. The standard InChI is InChI=1S/C27H25N3O6/c1-17(31)18-11-12-24(25(15-18)34-2)36-14-6-10-26(32)29-30-27(33)20-16-22(23-9-5-13-35-23)28-21-8-4-3-7-19(20)21/h3-5,7-9,11-13,15-16H,6,10,14H2,1-2H3,(H,29,32)(H,30,33). The molecule has 4 rings (SSSR count). The fourth-order valence-electron chi connectivity index (χ4n) is 3.59. The summed E-state index contributed by atoms with van der Waals surface area (Å²) in [4.78, 5) is 41.3. The molecule has 0 saturated heterocycles. The summed E-state index contributed by atoms with van der Waals surface area (Å²) in [6.45, 7) is 1.72. The van der Waals surface area contributed by atoms with Crippen LogP contribution >= 0.6 is 0 Å². The zero-order valence-corrected chi connectivity index (χ0v) is 19.9. The zero-order valence-electron chi connectivity index (χ0n) is 19.9. The monoisotopic (exact) mass is 487 g/mol. The van der Waals surface area contributed by atoms with Gasteiger partial charge >= 0.3 is 0 Å². The van der Waals surface area contributed by atoms with Gasteiger partial charge in [-0.3, -0.25) is 25.2 Å². The number of Topliss-reactive ketones (excluding diaryl/α,β-unsaturated/α-hetero) is 1. The second-order valence-corrected chi connectivity index (χ2v) is 7.93. The maximum atomic E-state index is 12.9. The van der Waals surface area contributed by atoms with Crippen LogP contribution in [0.25, 0.3) is 22.4 Å². The van der Waals surface area contributed by atoms with Gasteiger partial charge in [-0.25, -0.2) is 4.98 Å². The second kappa shape index (κ2) is 11.2. The van der Waals surface area contributed by atoms with E-state index in [-0.39, 0.29) is 24.7 Å². The van der Waals surface area contributed by atoms with Crippen LogP contribution in [0.3, 0.4) is 0 Å². The Morgan fingerprint density at radius 3 is 2.56 bits per heavy atom. The van der Waals surface area contributed by atoms with Crippen molar-refractivity contribution in [3.05, 3.63) is 78.1 Å². The minimum absolute atomic E-state index is 0.0736. The molecular formula is C27H25N3O6. The molecule has 0 aliphatic rings. The molecule has 2 aromatic heterocycles. The maximum absolute atomic E-state index is 12.9. The average molecular weight is 488 g/mol. The number of rotatable bonds is 9. The lowest BCUT2D eigenvalue weighted by atomic mass is 10.1. The Bertz CT molecular complexity index is 1400. The van der Waals surface area contributed by atoms with Gasteiger partial charge in [-0.1, -0.05) is 18.2 Å². The Kier molecular flexibility index (Phi) is 7.60. The molecule has 9 heteroatoms. The van der Waals surface area contributed by atoms with Crippen molar-refractivity contribution in [2.24, 2.45) is 0 Å². The number of amides is 2. The van der Waals surface area contributed by atoms with E-state index < -0.39 is 5.91 Å². The van der Waals surface area contributed by atoms with Crippen molar-refractivity contribution in [3.63, 3.8) is 0 Å². The predicted molar refractivity (Wildman–Crippen MR) is 133 cm³/mol. The molecule has 0 fully saturated rings. The second-order valence-electron chi connectivity index (χ2n) is 7.93. The molecule has 2 aromatic carbocycles. The number of furan rings is 1. The van der Waals surface area contributed by atoms with Crippen molar-refractivity contribution >= 4 is 28.5 Å². The van der Waals surface area contributed by atoms with Gasteiger partial charge in [-0.2, -0.15) is 0 Å². The summed E-state index contributed by atoms with van der Waals surface area (Å²) in [7, 11) is 1.49. The molecular weight excluding hydrogens is 462 g/mol. The molecule has 0 spiro atoms. The molecule has 0 radical (unpaired) electrons. The average Bonchev–Trinajstić information content (AvgIpc) is 3.44. The molecule has 0 aliphatic heterocycles. The van der Waals surface area contributed by atoms with Crippen LogP contribution in [0.1, 0.15) is 40.5 Å². The lowest BCUT2D eigenvalue weighted by Gasteiger charge is -2.12. The number of methoxy groups -OCH3 is 1. The first-order valence-corrected chi connectivity index (χ1v) is 11.3. The number of carbonyl (C=O) groups excluding carboxylic acids is 3. The van der Waals surface area contributed by atoms with Crippen LogP contribution in [0.5, 0.6) is 11.5 Å². The maximum Gasteiger partial charge on any atom is 0.270 e. The summed E-state index contributed by atoms with van der Waals surface area (Å²) in [5.41, 5.74) is 6.93. The van der Waals surface area contributed by atoms with Gasteiger partial charge in [-0.05, 0) is 55.8 Å². The Labute approximate surface area is 207 Å². The minimum atomic E-state index is -0.471. The highest BCUT2D eigenvalue weighted by Crippen LogP contribution is 2.28. The van der Waals surface area contributed by atoms with Crippen molar-refractivity contribution in [1.29, 1.82) is 0 Å². The van der Waals surface area contributed by atoms with Crippen LogP contribution in [0.15, 0.2) is 71.3 Å². The van der Waals surface area contributed by atoms with Crippen molar-refractivity contribution in [2.75, 3.05) is 13.7 Å². The van der Waals surface area contributed by atoms with Crippen LogP contribution < -0.4 is 20.3 Å². The predicted octanol–water partition coefficient (Wildman–Crippen LogP) is 4.33. The highest BCUT2D eigenvalue weighted by molar-refractivity contribution is 6.07. The number of benzene rings is 2. The molecule has 9 nitrogen and oxygen atoms in total. The van der Waals surface area contributed by atoms with E-state index in [0.29, 0.717) is 51.4 Å². The third kappa shape index (κ3) is 5.69. The number of ether oxygens (including phenoxy) is 2. The van der Waals surface area contributed by atoms with E-state index in [1.54, 1.807) is 48.5 Å². The molecule has 0 bridgehead atoms. The van der Waals surface area contributed by atoms with E-state index in [0.717, 1.165) is 0 Å². The van der Waals surface area contributed by atoms with Crippen LogP contribution in [0.2, 0.25) is 0 Å². The Morgan fingerprint density at radius 2 is 1.81 bits per heavy atom. The van der Waals surface area contributed by atoms with Crippen LogP contribution in [0, 0.1) is 0 Å². The molecule has 2 N–H and O–H groups in total. The first-order valence-electron chi connectivity index (χ1n) is 11.3. The molecule has 0 unspecified atom stereocenters. The highest BCUT2D eigenvalue weighted by Gasteiger charge is 2.16. The third-order valence-corrected chi connectivity index (χ3v) is 5.43. The summed E-state index contributed by atoms with van der Waals surface area (Å²) in [6.07, 6.45) is 2.07. The number of ketones is 1. The van der Waals surface area contributed by atoms with Crippen molar-refractivity contribution < 1.29 is 28.3 Å². The minimum Gasteiger partial charge on any atom is -0.493 e. The SMILES string of the molecule is COc1cc(C(C)=O)ccc1OCCCC(=O)NNC(=O)c1cc(-c2ccco2)nc2ccccc12. The Balaban J connectivity index is 1.32. The topological polar surface area (TPSA) is 120 Å². The number of para-hydroxylation sites is 1. The molecule has 4 aromatic rings. The smallest absolute Gasteiger partial charge is 0.270 e. The molecule has 36 heavy (non-hydrogen) atoms.